The first kappa shape index (κ1) is 21.1. The first-order chi connectivity index (χ1) is 15.7. The van der Waals surface area contributed by atoms with Crippen molar-refractivity contribution < 1.29 is 9.59 Å². The van der Waals surface area contributed by atoms with Crippen LogP contribution in [0.15, 0.2) is 41.9 Å². The van der Waals surface area contributed by atoms with Gasteiger partial charge in [-0.05, 0) is 37.3 Å². The molecule has 1 aliphatic heterocycles. The number of nitrogens with one attached hydrogen (secondary N) is 1. The molecule has 1 atom stereocenters. The Morgan fingerprint density at radius 3 is 2.78 bits per heavy atom. The molecule has 2 fully saturated rings. The van der Waals surface area contributed by atoms with E-state index in [1.165, 1.54) is 43.4 Å². The van der Waals surface area contributed by atoms with Gasteiger partial charge in [-0.2, -0.15) is 0 Å². The van der Waals surface area contributed by atoms with Gasteiger partial charge >= 0.3 is 0 Å². The monoisotopic (exact) mass is 448 g/mol. The average molecular weight is 449 g/mol. The highest BCUT2D eigenvalue weighted by Crippen LogP contribution is 2.32. The van der Waals surface area contributed by atoms with Crippen LogP contribution in [-0.2, 0) is 4.79 Å². The number of amides is 2. The summed E-state index contributed by atoms with van der Waals surface area (Å²) in [6, 6.07) is 9.64. The summed E-state index contributed by atoms with van der Waals surface area (Å²) in [7, 11) is 0. The number of para-hydroxylation sites is 1. The van der Waals surface area contributed by atoms with Crippen molar-refractivity contribution in [1.29, 1.82) is 0 Å². The van der Waals surface area contributed by atoms with E-state index < -0.39 is 0 Å². The highest BCUT2D eigenvalue weighted by atomic mass is 32.1. The molecule has 2 aromatic heterocycles. The Balaban J connectivity index is 1.35. The van der Waals surface area contributed by atoms with Gasteiger partial charge in [0.15, 0.2) is 5.13 Å². The van der Waals surface area contributed by atoms with Crippen LogP contribution >= 0.6 is 11.3 Å². The lowest BCUT2D eigenvalue weighted by atomic mass is 9.87. The van der Waals surface area contributed by atoms with E-state index in [0.717, 1.165) is 29.6 Å². The van der Waals surface area contributed by atoms with Gasteiger partial charge < -0.3 is 4.90 Å². The fourth-order valence-corrected chi connectivity index (χ4v) is 5.56. The topological polar surface area (TPSA) is 75.2 Å². The van der Waals surface area contributed by atoms with E-state index >= 15 is 0 Å². The summed E-state index contributed by atoms with van der Waals surface area (Å²) in [6.07, 6.45) is 9.44. The second-order valence-electron chi connectivity index (χ2n) is 8.94. The predicted octanol–water partition coefficient (Wildman–Crippen LogP) is 5.23. The number of nitrogens with zero attached hydrogens (tertiary/aromatic N) is 3. The molecule has 3 aromatic rings. The molecule has 2 aliphatic rings. The number of rotatable bonds is 5. The number of anilines is 1. The normalized spacial score (nSPS) is 19.4. The number of carbonyl (C=O) groups is 2. The molecule has 0 unspecified atom stereocenters. The van der Waals surface area contributed by atoms with Gasteiger partial charge in [0.25, 0.3) is 5.91 Å². The predicted molar refractivity (Wildman–Crippen MR) is 127 cm³/mol. The van der Waals surface area contributed by atoms with Gasteiger partial charge in [0.1, 0.15) is 0 Å². The van der Waals surface area contributed by atoms with Gasteiger partial charge in [0, 0.05) is 48.1 Å². The van der Waals surface area contributed by atoms with Crippen molar-refractivity contribution in [3.8, 4) is 0 Å². The molecule has 1 aromatic carbocycles. The van der Waals surface area contributed by atoms with E-state index in [0.29, 0.717) is 29.6 Å². The molecule has 0 bridgehead atoms. The average Bonchev–Trinajstić information content (AvgIpc) is 3.51. The van der Waals surface area contributed by atoms with E-state index in [9.17, 15) is 9.59 Å². The van der Waals surface area contributed by atoms with Crippen LogP contribution < -0.4 is 5.32 Å². The number of hydrogen-bond donors (Lipinski definition) is 1. The summed E-state index contributed by atoms with van der Waals surface area (Å²) >= 11 is 1.40. The summed E-state index contributed by atoms with van der Waals surface area (Å²) in [4.78, 5) is 37.0. The molecule has 3 heterocycles. The van der Waals surface area contributed by atoms with Crippen molar-refractivity contribution >= 4 is 39.2 Å². The van der Waals surface area contributed by atoms with Gasteiger partial charge in [-0.15, -0.1) is 11.3 Å². The fourth-order valence-electron chi connectivity index (χ4n) is 5.04. The molecule has 166 valence electrons. The van der Waals surface area contributed by atoms with E-state index in [-0.39, 0.29) is 17.7 Å². The van der Waals surface area contributed by atoms with E-state index in [1.54, 1.807) is 6.20 Å². The van der Waals surface area contributed by atoms with Crippen LogP contribution in [0, 0.1) is 5.92 Å². The molecule has 6 nitrogen and oxygen atoms in total. The highest BCUT2D eigenvalue weighted by molar-refractivity contribution is 7.13. The Morgan fingerprint density at radius 2 is 1.97 bits per heavy atom. The highest BCUT2D eigenvalue weighted by Gasteiger charge is 2.30. The molecular formula is C25H28N4O2S. The van der Waals surface area contributed by atoms with Crippen molar-refractivity contribution in [2.75, 3.05) is 18.4 Å². The maximum atomic E-state index is 13.1. The van der Waals surface area contributed by atoms with Crippen LogP contribution in [0.1, 0.15) is 66.9 Å². The molecule has 2 amide bonds. The summed E-state index contributed by atoms with van der Waals surface area (Å²) < 4.78 is 0. The minimum atomic E-state index is -0.178. The molecule has 32 heavy (non-hydrogen) atoms. The zero-order chi connectivity index (χ0) is 21.9. The largest absolute Gasteiger partial charge is 0.342 e. The van der Waals surface area contributed by atoms with Crippen LogP contribution in [0.25, 0.3) is 10.9 Å². The van der Waals surface area contributed by atoms with Crippen molar-refractivity contribution in [3.05, 3.63) is 53.2 Å². The Labute approximate surface area is 192 Å². The zero-order valence-electron chi connectivity index (χ0n) is 18.1. The Morgan fingerprint density at radius 1 is 1.12 bits per heavy atom. The first-order valence-corrected chi connectivity index (χ1v) is 12.4. The molecule has 1 saturated heterocycles. The minimum absolute atomic E-state index is 0.154. The van der Waals surface area contributed by atoms with Crippen LogP contribution in [0.3, 0.4) is 0 Å². The summed E-state index contributed by atoms with van der Waals surface area (Å²) in [5.41, 5.74) is 2.30. The van der Waals surface area contributed by atoms with E-state index in [4.69, 9.17) is 4.98 Å². The fraction of sp³-hybridized carbons (Fsp3) is 0.440. The number of hydrogen-bond acceptors (Lipinski definition) is 5. The van der Waals surface area contributed by atoms with Crippen LogP contribution in [0.2, 0.25) is 0 Å². The second-order valence-corrected chi connectivity index (χ2v) is 9.83. The molecule has 0 radical (unpaired) electrons. The maximum absolute atomic E-state index is 13.1. The molecule has 1 aliphatic carbocycles. The van der Waals surface area contributed by atoms with Crippen LogP contribution in [0.4, 0.5) is 5.13 Å². The van der Waals surface area contributed by atoms with Crippen molar-refractivity contribution in [2.45, 2.75) is 50.9 Å². The van der Waals surface area contributed by atoms with Gasteiger partial charge in [-0.25, -0.2) is 4.98 Å². The lowest BCUT2D eigenvalue weighted by molar-refractivity contribution is -0.131. The number of aromatic nitrogens is 2. The van der Waals surface area contributed by atoms with Crippen LogP contribution in [0.5, 0.6) is 0 Å². The van der Waals surface area contributed by atoms with Crippen LogP contribution in [-0.4, -0.2) is 39.8 Å². The Kier molecular flexibility index (Phi) is 6.17. The third-order valence-corrected chi connectivity index (χ3v) is 7.47. The van der Waals surface area contributed by atoms with Crippen molar-refractivity contribution in [2.24, 2.45) is 5.92 Å². The lowest BCUT2D eigenvalue weighted by Gasteiger charge is -2.24. The van der Waals surface area contributed by atoms with Crippen molar-refractivity contribution in [1.82, 2.24) is 14.9 Å². The molecule has 1 saturated carbocycles. The third kappa shape index (κ3) is 4.53. The number of likely N-dealkylation sites (tertiary alicyclic amines) is 1. The Hall–Kier alpha value is -2.80. The molecule has 1 N–H and O–H groups in total. The van der Waals surface area contributed by atoms with Gasteiger partial charge in [0.2, 0.25) is 5.91 Å². The second kappa shape index (κ2) is 9.36. The quantitative estimate of drug-likeness (QED) is 0.580. The Bertz CT molecular complexity index is 1110. The molecule has 7 heteroatoms. The maximum Gasteiger partial charge on any atom is 0.258 e. The summed E-state index contributed by atoms with van der Waals surface area (Å²) in [6.45, 7) is 1.45. The minimum Gasteiger partial charge on any atom is -0.342 e. The van der Waals surface area contributed by atoms with E-state index in [1.807, 2.05) is 40.6 Å². The van der Waals surface area contributed by atoms with Crippen molar-refractivity contribution in [3.63, 3.8) is 0 Å². The summed E-state index contributed by atoms with van der Waals surface area (Å²) in [5.74, 6) is 0.807. The molecule has 0 spiro atoms. The molecular weight excluding hydrogens is 420 g/mol. The number of fused-ring (bicyclic) bond motifs is 1. The number of thiazole rings is 1. The number of benzene rings is 1. The SMILES string of the molecule is O=C(Nc1nccs1)c1cc([C@@H]2CCN(C(=O)CC3CCCCC3)C2)nc2ccccc12. The first-order valence-electron chi connectivity index (χ1n) is 11.6. The van der Waals surface area contributed by atoms with Gasteiger partial charge in [-0.1, -0.05) is 37.5 Å². The zero-order valence-corrected chi connectivity index (χ0v) is 18.9. The lowest BCUT2D eigenvalue weighted by Crippen LogP contribution is -2.30. The number of pyridine rings is 1. The third-order valence-electron chi connectivity index (χ3n) is 6.78. The van der Waals surface area contributed by atoms with Gasteiger partial charge in [-0.3, -0.25) is 19.9 Å². The number of carbonyl (C=O) groups excluding carboxylic acids is 2. The molecule has 5 rings (SSSR count). The van der Waals surface area contributed by atoms with E-state index in [2.05, 4.69) is 10.3 Å². The standard InChI is InChI=1S/C25H28N4O2S/c30-23(14-17-6-2-1-3-7-17)29-12-10-18(16-29)22-15-20(19-8-4-5-9-21(19)27-22)24(31)28-25-26-11-13-32-25/h4-5,8-9,11,13,15,17-18H,1-3,6-7,10,12,14,16H2,(H,26,28,31)/t18-/m1/s1. The van der Waals surface area contributed by atoms with Gasteiger partial charge in [0.05, 0.1) is 11.1 Å². The summed E-state index contributed by atoms with van der Waals surface area (Å²) in [5, 5.41) is 6.14. The smallest absolute Gasteiger partial charge is 0.258 e.